The van der Waals surface area contributed by atoms with Crippen molar-refractivity contribution in [3.63, 3.8) is 0 Å². The lowest BCUT2D eigenvalue weighted by atomic mass is 10.2. The number of halogens is 1. The van der Waals surface area contributed by atoms with Gasteiger partial charge in [0.15, 0.2) is 0 Å². The van der Waals surface area contributed by atoms with Crippen LogP contribution in [0.1, 0.15) is 12.8 Å². The van der Waals surface area contributed by atoms with Crippen molar-refractivity contribution in [3.05, 3.63) is 30.1 Å². The van der Waals surface area contributed by atoms with Crippen LogP contribution in [0, 0.1) is 5.82 Å². The predicted molar refractivity (Wildman–Crippen MR) is 71.7 cm³/mol. The lowest BCUT2D eigenvalue weighted by Crippen LogP contribution is -2.40. The maximum atomic E-state index is 12.7. The molecule has 0 bridgehead atoms. The van der Waals surface area contributed by atoms with Gasteiger partial charge in [0.25, 0.3) is 0 Å². The van der Waals surface area contributed by atoms with E-state index >= 15 is 0 Å². The van der Waals surface area contributed by atoms with Crippen LogP contribution in [0.5, 0.6) is 0 Å². The standard InChI is InChI=1S/C14H17FN2O3/c15-11-1-3-12(4-2-11)16-13(18)5-6-14(19)17-7-9-20-10-8-17/h1-4H,5-10H2,(H,16,18). The first-order valence-electron chi connectivity index (χ1n) is 6.56. The molecule has 0 saturated carbocycles. The lowest BCUT2D eigenvalue weighted by Gasteiger charge is -2.26. The molecule has 1 heterocycles. The predicted octanol–water partition coefficient (Wildman–Crippen LogP) is 1.40. The monoisotopic (exact) mass is 280 g/mol. The van der Waals surface area contributed by atoms with E-state index in [0.717, 1.165) is 0 Å². The molecule has 108 valence electrons. The number of rotatable bonds is 4. The van der Waals surface area contributed by atoms with Crippen molar-refractivity contribution in [1.29, 1.82) is 0 Å². The summed E-state index contributed by atoms with van der Waals surface area (Å²) in [5.74, 6) is -0.647. The summed E-state index contributed by atoms with van der Waals surface area (Å²) < 4.78 is 17.9. The number of hydrogen-bond acceptors (Lipinski definition) is 3. The largest absolute Gasteiger partial charge is 0.378 e. The Morgan fingerprint density at radius 3 is 2.45 bits per heavy atom. The molecule has 0 aliphatic carbocycles. The van der Waals surface area contributed by atoms with Crippen molar-refractivity contribution < 1.29 is 18.7 Å². The van der Waals surface area contributed by atoms with Gasteiger partial charge >= 0.3 is 0 Å². The summed E-state index contributed by atoms with van der Waals surface area (Å²) in [7, 11) is 0. The highest BCUT2D eigenvalue weighted by molar-refractivity contribution is 5.93. The van der Waals surface area contributed by atoms with E-state index in [9.17, 15) is 14.0 Å². The van der Waals surface area contributed by atoms with Gasteiger partial charge in [-0.1, -0.05) is 0 Å². The Bertz CT molecular complexity index is 470. The van der Waals surface area contributed by atoms with Crippen molar-refractivity contribution in [2.24, 2.45) is 0 Å². The molecule has 0 atom stereocenters. The van der Waals surface area contributed by atoms with Crippen LogP contribution in [0.25, 0.3) is 0 Å². The fourth-order valence-corrected chi connectivity index (χ4v) is 1.95. The minimum atomic E-state index is -0.356. The zero-order valence-corrected chi connectivity index (χ0v) is 11.1. The Hall–Kier alpha value is -1.95. The summed E-state index contributed by atoms with van der Waals surface area (Å²) in [6.45, 7) is 2.26. The Balaban J connectivity index is 1.74. The van der Waals surface area contributed by atoms with Crippen LogP contribution in [-0.4, -0.2) is 43.0 Å². The molecule has 5 nitrogen and oxygen atoms in total. The number of nitrogens with zero attached hydrogens (tertiary/aromatic N) is 1. The second-order valence-electron chi connectivity index (χ2n) is 4.55. The van der Waals surface area contributed by atoms with Crippen LogP contribution >= 0.6 is 0 Å². The summed E-state index contributed by atoms with van der Waals surface area (Å²) >= 11 is 0. The Morgan fingerprint density at radius 2 is 1.80 bits per heavy atom. The topological polar surface area (TPSA) is 58.6 Å². The first-order chi connectivity index (χ1) is 9.65. The molecule has 1 fully saturated rings. The molecule has 1 N–H and O–H groups in total. The van der Waals surface area contributed by atoms with E-state index in [2.05, 4.69) is 5.32 Å². The number of carbonyl (C=O) groups excluding carboxylic acids is 2. The van der Waals surface area contributed by atoms with Gasteiger partial charge in [-0.3, -0.25) is 9.59 Å². The van der Waals surface area contributed by atoms with Gasteiger partial charge in [-0.05, 0) is 24.3 Å². The average molecular weight is 280 g/mol. The summed E-state index contributed by atoms with van der Waals surface area (Å²) in [6, 6.07) is 5.51. The highest BCUT2D eigenvalue weighted by Gasteiger charge is 2.17. The summed E-state index contributed by atoms with van der Waals surface area (Å²) in [5, 5.41) is 2.63. The van der Waals surface area contributed by atoms with Gasteiger partial charge in [0.05, 0.1) is 13.2 Å². The number of nitrogens with one attached hydrogen (secondary N) is 1. The minimum Gasteiger partial charge on any atom is -0.378 e. The first-order valence-corrected chi connectivity index (χ1v) is 6.56. The van der Waals surface area contributed by atoms with Crippen LogP contribution in [0.2, 0.25) is 0 Å². The van der Waals surface area contributed by atoms with Gasteiger partial charge in [-0.2, -0.15) is 0 Å². The van der Waals surface area contributed by atoms with Gasteiger partial charge < -0.3 is 15.0 Å². The Kier molecular flexibility index (Phi) is 5.06. The summed E-state index contributed by atoms with van der Waals surface area (Å²) in [6.07, 6.45) is 0.292. The van der Waals surface area contributed by atoms with Crippen LogP contribution in [-0.2, 0) is 14.3 Å². The number of benzene rings is 1. The smallest absolute Gasteiger partial charge is 0.224 e. The molecule has 0 spiro atoms. The van der Waals surface area contributed by atoms with E-state index in [0.29, 0.717) is 32.0 Å². The van der Waals surface area contributed by atoms with Gasteiger partial charge in [-0.15, -0.1) is 0 Å². The van der Waals surface area contributed by atoms with Crippen LogP contribution in [0.4, 0.5) is 10.1 Å². The SMILES string of the molecule is O=C(CCC(=O)N1CCOCC1)Nc1ccc(F)cc1. The Morgan fingerprint density at radius 1 is 1.15 bits per heavy atom. The molecule has 0 unspecified atom stereocenters. The number of ether oxygens (including phenoxy) is 1. The molecule has 1 saturated heterocycles. The van der Waals surface area contributed by atoms with Crippen LogP contribution < -0.4 is 5.32 Å². The van der Waals surface area contributed by atoms with E-state index in [-0.39, 0.29) is 30.5 Å². The molecule has 2 rings (SSSR count). The van der Waals surface area contributed by atoms with Gasteiger partial charge in [-0.25, -0.2) is 4.39 Å². The van der Waals surface area contributed by atoms with E-state index in [1.807, 2.05) is 0 Å². The summed E-state index contributed by atoms with van der Waals surface area (Å²) in [5.41, 5.74) is 0.523. The van der Waals surface area contributed by atoms with Crippen LogP contribution in [0.15, 0.2) is 24.3 Å². The fraction of sp³-hybridized carbons (Fsp3) is 0.429. The fourth-order valence-electron chi connectivity index (χ4n) is 1.95. The summed E-state index contributed by atoms with van der Waals surface area (Å²) in [4.78, 5) is 25.2. The molecule has 1 aromatic carbocycles. The number of hydrogen-bond donors (Lipinski definition) is 1. The second kappa shape index (κ2) is 7.00. The third-order valence-corrected chi connectivity index (χ3v) is 3.06. The van der Waals surface area contributed by atoms with E-state index in [4.69, 9.17) is 4.74 Å². The van der Waals surface area contributed by atoms with Crippen LogP contribution in [0.3, 0.4) is 0 Å². The third kappa shape index (κ3) is 4.31. The second-order valence-corrected chi connectivity index (χ2v) is 4.55. The van der Waals surface area contributed by atoms with Gasteiger partial charge in [0.2, 0.25) is 11.8 Å². The normalized spacial score (nSPS) is 14.9. The molecule has 20 heavy (non-hydrogen) atoms. The van der Waals surface area contributed by atoms with E-state index in [1.165, 1.54) is 24.3 Å². The highest BCUT2D eigenvalue weighted by atomic mass is 19.1. The molecular formula is C14H17FN2O3. The Labute approximate surface area is 116 Å². The number of anilines is 1. The average Bonchev–Trinajstić information content (AvgIpc) is 2.48. The number of carbonyl (C=O) groups is 2. The minimum absolute atomic E-state index is 0.0393. The molecule has 0 aromatic heterocycles. The zero-order chi connectivity index (χ0) is 14.4. The molecule has 2 amide bonds. The number of amides is 2. The van der Waals surface area contributed by atoms with Crippen molar-refractivity contribution >= 4 is 17.5 Å². The van der Waals surface area contributed by atoms with Crippen molar-refractivity contribution in [1.82, 2.24) is 4.90 Å². The molecule has 1 aliphatic rings. The van der Waals surface area contributed by atoms with Gasteiger partial charge in [0.1, 0.15) is 5.82 Å². The molecule has 1 aromatic rings. The molecule has 1 aliphatic heterocycles. The maximum Gasteiger partial charge on any atom is 0.224 e. The van der Waals surface area contributed by atoms with E-state index < -0.39 is 0 Å². The van der Waals surface area contributed by atoms with Crippen molar-refractivity contribution in [2.75, 3.05) is 31.6 Å². The first kappa shape index (κ1) is 14.5. The number of morpholine rings is 1. The molecule has 0 radical (unpaired) electrons. The van der Waals surface area contributed by atoms with Crippen molar-refractivity contribution in [2.45, 2.75) is 12.8 Å². The highest BCUT2D eigenvalue weighted by Crippen LogP contribution is 2.09. The zero-order valence-electron chi connectivity index (χ0n) is 11.1. The van der Waals surface area contributed by atoms with Crippen molar-refractivity contribution in [3.8, 4) is 0 Å². The quantitative estimate of drug-likeness (QED) is 0.907. The molecule has 6 heteroatoms. The molecular weight excluding hydrogens is 263 g/mol. The van der Waals surface area contributed by atoms with Gasteiger partial charge in [0, 0.05) is 31.6 Å². The lowest BCUT2D eigenvalue weighted by molar-refractivity contribution is -0.136. The van der Waals surface area contributed by atoms with E-state index in [1.54, 1.807) is 4.90 Å². The maximum absolute atomic E-state index is 12.7. The third-order valence-electron chi connectivity index (χ3n) is 3.06.